The number of hydrogen-bond acceptors (Lipinski definition) is 3. The highest BCUT2D eigenvalue weighted by atomic mass is 35.5. The molecule has 1 aliphatic rings. The normalized spacial score (nSPS) is 14.1. The summed E-state index contributed by atoms with van der Waals surface area (Å²) in [5.41, 5.74) is 2.90. The van der Waals surface area contributed by atoms with E-state index in [1.54, 1.807) is 17.0 Å². The Kier molecular flexibility index (Phi) is 10.7. The molecule has 0 saturated heterocycles. The van der Waals surface area contributed by atoms with E-state index in [2.05, 4.69) is 5.32 Å². The molecule has 39 heavy (non-hydrogen) atoms. The first-order valence-electron chi connectivity index (χ1n) is 13.7. The van der Waals surface area contributed by atoms with Gasteiger partial charge in [-0.15, -0.1) is 0 Å². The van der Waals surface area contributed by atoms with Crippen molar-refractivity contribution in [3.05, 3.63) is 99.5 Å². The minimum absolute atomic E-state index is 0.115. The third-order valence-corrected chi connectivity index (χ3v) is 7.74. The number of aryl methyl sites for hydroxylation is 1. The summed E-state index contributed by atoms with van der Waals surface area (Å²) in [5.74, 6) is 0.534. The molecule has 206 valence electrons. The third-order valence-electron chi connectivity index (χ3n) is 7.15. The molecular formula is C32H36Cl2N2O3. The highest BCUT2D eigenvalue weighted by Crippen LogP contribution is 2.25. The molecule has 1 aliphatic carbocycles. The van der Waals surface area contributed by atoms with Gasteiger partial charge >= 0.3 is 0 Å². The number of ether oxygens (including phenoxy) is 1. The van der Waals surface area contributed by atoms with Crippen LogP contribution in [-0.2, 0) is 22.6 Å². The quantitative estimate of drug-likeness (QED) is 0.236. The summed E-state index contributed by atoms with van der Waals surface area (Å²) in [5, 5.41) is 4.22. The van der Waals surface area contributed by atoms with Crippen molar-refractivity contribution in [2.45, 2.75) is 70.5 Å². The zero-order chi connectivity index (χ0) is 27.6. The Bertz CT molecular complexity index is 1230. The molecule has 3 aromatic rings. The van der Waals surface area contributed by atoms with Crippen molar-refractivity contribution < 1.29 is 14.3 Å². The lowest BCUT2D eigenvalue weighted by Crippen LogP contribution is -2.52. The van der Waals surface area contributed by atoms with Crippen molar-refractivity contribution in [1.29, 1.82) is 0 Å². The smallest absolute Gasteiger partial charge is 0.243 e. The van der Waals surface area contributed by atoms with Crippen molar-refractivity contribution in [3.8, 4) is 5.75 Å². The first kappa shape index (κ1) is 29.0. The van der Waals surface area contributed by atoms with Gasteiger partial charge in [0.15, 0.2) is 0 Å². The monoisotopic (exact) mass is 566 g/mol. The standard InChI is InChI=1S/C32H36Cl2N2O3/c1-23-13-17-28(18-14-23)39-19-7-12-31(37)36(22-25-15-16-26(33)21-29(25)34)30(20-24-8-3-2-4-9-24)32(38)35-27-10-5-6-11-27/h2-4,8-9,13-18,21,27,30H,5-7,10-12,19-20,22H2,1H3,(H,35,38). The molecule has 0 heterocycles. The van der Waals surface area contributed by atoms with Gasteiger partial charge in [0.25, 0.3) is 0 Å². The number of rotatable bonds is 12. The molecule has 3 aromatic carbocycles. The topological polar surface area (TPSA) is 58.6 Å². The van der Waals surface area contributed by atoms with Gasteiger partial charge in [0, 0.05) is 35.5 Å². The molecule has 0 aliphatic heterocycles. The van der Waals surface area contributed by atoms with Crippen LogP contribution < -0.4 is 10.1 Å². The first-order valence-corrected chi connectivity index (χ1v) is 14.4. The Hall–Kier alpha value is -3.02. The van der Waals surface area contributed by atoms with Gasteiger partial charge in [-0.2, -0.15) is 0 Å². The van der Waals surface area contributed by atoms with Crippen molar-refractivity contribution in [2.24, 2.45) is 0 Å². The Labute approximate surface area is 241 Å². The van der Waals surface area contributed by atoms with E-state index >= 15 is 0 Å². The van der Waals surface area contributed by atoms with Crippen LogP contribution in [0.3, 0.4) is 0 Å². The summed E-state index contributed by atoms with van der Waals surface area (Å²) < 4.78 is 5.85. The largest absolute Gasteiger partial charge is 0.494 e. The molecule has 2 amide bonds. The van der Waals surface area contributed by atoms with Crippen LogP contribution in [0.15, 0.2) is 72.8 Å². The van der Waals surface area contributed by atoms with Crippen LogP contribution >= 0.6 is 23.2 Å². The summed E-state index contributed by atoms with van der Waals surface area (Å²) in [6.07, 6.45) is 5.35. The van der Waals surface area contributed by atoms with Gasteiger partial charge in [0.05, 0.1) is 6.61 Å². The SMILES string of the molecule is Cc1ccc(OCCCC(=O)N(Cc2ccc(Cl)cc2Cl)C(Cc2ccccc2)C(=O)NC2CCCC2)cc1. The van der Waals surface area contributed by atoms with Crippen LogP contribution in [0.1, 0.15) is 55.2 Å². The number of hydrogen-bond donors (Lipinski definition) is 1. The fourth-order valence-corrected chi connectivity index (χ4v) is 5.41. The van der Waals surface area contributed by atoms with E-state index in [0.29, 0.717) is 29.5 Å². The van der Waals surface area contributed by atoms with E-state index < -0.39 is 6.04 Å². The zero-order valence-electron chi connectivity index (χ0n) is 22.4. The summed E-state index contributed by atoms with van der Waals surface area (Å²) in [4.78, 5) is 29.2. The second-order valence-corrected chi connectivity index (χ2v) is 11.1. The van der Waals surface area contributed by atoms with Crippen LogP contribution in [0.25, 0.3) is 0 Å². The van der Waals surface area contributed by atoms with Crippen molar-refractivity contribution in [3.63, 3.8) is 0 Å². The molecule has 1 unspecified atom stereocenters. The average molecular weight is 568 g/mol. The van der Waals surface area contributed by atoms with Gasteiger partial charge in [0.2, 0.25) is 11.8 Å². The minimum atomic E-state index is -0.676. The second kappa shape index (κ2) is 14.4. The highest BCUT2D eigenvalue weighted by molar-refractivity contribution is 6.35. The maximum absolute atomic E-state index is 13.8. The van der Waals surface area contributed by atoms with Crippen molar-refractivity contribution in [2.75, 3.05) is 6.61 Å². The molecule has 0 aromatic heterocycles. The molecule has 0 spiro atoms. The Balaban J connectivity index is 1.54. The van der Waals surface area contributed by atoms with Gasteiger partial charge < -0.3 is 15.0 Å². The van der Waals surface area contributed by atoms with E-state index in [1.807, 2.05) is 67.6 Å². The summed E-state index contributed by atoms with van der Waals surface area (Å²) in [6.45, 7) is 2.64. The van der Waals surface area contributed by atoms with Gasteiger partial charge in [-0.3, -0.25) is 9.59 Å². The Morgan fingerprint density at radius 1 is 1.00 bits per heavy atom. The Morgan fingerprint density at radius 2 is 1.72 bits per heavy atom. The predicted octanol–water partition coefficient (Wildman–Crippen LogP) is 7.16. The number of amides is 2. The van der Waals surface area contributed by atoms with Crippen LogP contribution in [0, 0.1) is 6.92 Å². The molecular weight excluding hydrogens is 531 g/mol. The summed E-state index contributed by atoms with van der Waals surface area (Å²) >= 11 is 12.7. The van der Waals surface area contributed by atoms with Crippen molar-refractivity contribution >= 4 is 35.0 Å². The van der Waals surface area contributed by atoms with E-state index in [0.717, 1.165) is 48.1 Å². The first-order chi connectivity index (χ1) is 18.9. The lowest BCUT2D eigenvalue weighted by Gasteiger charge is -2.32. The van der Waals surface area contributed by atoms with E-state index in [9.17, 15) is 9.59 Å². The maximum Gasteiger partial charge on any atom is 0.243 e. The Morgan fingerprint density at radius 3 is 2.41 bits per heavy atom. The molecule has 7 heteroatoms. The molecule has 0 radical (unpaired) electrons. The number of benzene rings is 3. The fraction of sp³-hybridized carbons (Fsp3) is 0.375. The van der Waals surface area contributed by atoms with Crippen LogP contribution in [0.4, 0.5) is 0 Å². The summed E-state index contributed by atoms with van der Waals surface area (Å²) in [6, 6.07) is 22.4. The van der Waals surface area contributed by atoms with E-state index in [4.69, 9.17) is 27.9 Å². The number of halogens is 2. The van der Waals surface area contributed by atoms with E-state index in [1.165, 1.54) is 0 Å². The number of carbonyl (C=O) groups is 2. The van der Waals surface area contributed by atoms with Gasteiger partial charge in [-0.05, 0) is 61.6 Å². The minimum Gasteiger partial charge on any atom is -0.494 e. The molecule has 4 rings (SSSR count). The molecule has 1 atom stereocenters. The second-order valence-electron chi connectivity index (χ2n) is 10.2. The van der Waals surface area contributed by atoms with Gasteiger partial charge in [-0.1, -0.05) is 90.1 Å². The number of nitrogens with one attached hydrogen (secondary N) is 1. The fourth-order valence-electron chi connectivity index (χ4n) is 4.95. The lowest BCUT2D eigenvalue weighted by molar-refractivity contribution is -0.141. The summed E-state index contributed by atoms with van der Waals surface area (Å²) in [7, 11) is 0. The molecule has 1 fully saturated rings. The van der Waals surface area contributed by atoms with Crippen LogP contribution in [0.2, 0.25) is 10.0 Å². The van der Waals surface area contributed by atoms with Gasteiger partial charge in [0.1, 0.15) is 11.8 Å². The lowest BCUT2D eigenvalue weighted by atomic mass is 10.0. The number of nitrogens with zero attached hydrogens (tertiary/aromatic N) is 1. The average Bonchev–Trinajstić information content (AvgIpc) is 3.44. The van der Waals surface area contributed by atoms with Gasteiger partial charge in [-0.25, -0.2) is 0 Å². The predicted molar refractivity (Wildman–Crippen MR) is 157 cm³/mol. The maximum atomic E-state index is 13.8. The van der Waals surface area contributed by atoms with Crippen molar-refractivity contribution in [1.82, 2.24) is 10.2 Å². The number of carbonyl (C=O) groups excluding carboxylic acids is 2. The van der Waals surface area contributed by atoms with Crippen LogP contribution in [0.5, 0.6) is 5.75 Å². The molecule has 1 saturated carbocycles. The van der Waals surface area contributed by atoms with Crippen LogP contribution in [-0.4, -0.2) is 35.4 Å². The third kappa shape index (κ3) is 8.74. The molecule has 0 bridgehead atoms. The zero-order valence-corrected chi connectivity index (χ0v) is 23.9. The molecule has 1 N–H and O–H groups in total. The van der Waals surface area contributed by atoms with E-state index in [-0.39, 0.29) is 30.8 Å². The molecule has 5 nitrogen and oxygen atoms in total. The highest BCUT2D eigenvalue weighted by Gasteiger charge is 2.32.